The van der Waals surface area contributed by atoms with E-state index in [4.69, 9.17) is 4.74 Å². The fourth-order valence-electron chi connectivity index (χ4n) is 6.34. The van der Waals surface area contributed by atoms with Crippen LogP contribution in [0.3, 0.4) is 0 Å². The van der Waals surface area contributed by atoms with Crippen LogP contribution in [0.4, 0.5) is 11.4 Å². The Hall–Kier alpha value is -4.34. The number of aromatic nitrogens is 2. The second-order valence-corrected chi connectivity index (χ2v) is 16.1. The first kappa shape index (κ1) is 35.5. The van der Waals surface area contributed by atoms with Gasteiger partial charge in [-0.2, -0.15) is 12.1 Å². The van der Waals surface area contributed by atoms with Gasteiger partial charge in [-0.25, -0.2) is 4.98 Å². The van der Waals surface area contributed by atoms with Crippen molar-refractivity contribution in [2.24, 2.45) is 5.41 Å². The Labute approximate surface area is 311 Å². The van der Waals surface area contributed by atoms with E-state index in [0.29, 0.717) is 11.5 Å². The number of nitrogens with zero attached hydrogens (tertiary/aromatic N) is 4. The molecule has 0 bridgehead atoms. The van der Waals surface area contributed by atoms with Crippen LogP contribution in [-0.2, 0) is 31.9 Å². The number of rotatable bonds is 5. The maximum Gasteiger partial charge on any atom is 0.135 e. The summed E-state index contributed by atoms with van der Waals surface area (Å²) in [5.74, 6) is 2.08. The smallest absolute Gasteiger partial charge is 0.135 e. The van der Waals surface area contributed by atoms with Crippen LogP contribution in [0, 0.1) is 24.2 Å². The number of hydrogen-bond donors (Lipinski definition) is 0. The van der Waals surface area contributed by atoms with E-state index >= 15 is 0 Å². The molecule has 0 N–H and O–H groups in total. The number of anilines is 2. The molecule has 0 atom stereocenters. The number of allylic oxidation sites excluding steroid dienone is 1. The van der Waals surface area contributed by atoms with Crippen LogP contribution in [0.25, 0.3) is 27.6 Å². The molecule has 0 amide bonds. The normalized spacial score (nSPS) is 13.9. The molecule has 1 aliphatic heterocycles. The average Bonchev–Trinajstić information content (AvgIpc) is 3.65. The van der Waals surface area contributed by atoms with E-state index in [9.17, 15) is 0 Å². The number of fused-ring (bicyclic) bond motifs is 3. The largest absolute Gasteiger partial charge is 0.509 e. The van der Waals surface area contributed by atoms with Crippen LogP contribution >= 0.6 is 0 Å². The van der Waals surface area contributed by atoms with Crippen molar-refractivity contribution < 1.29 is 25.8 Å². The van der Waals surface area contributed by atoms with Gasteiger partial charge < -0.3 is 19.1 Å². The van der Waals surface area contributed by atoms with Crippen LogP contribution < -0.4 is 14.5 Å². The van der Waals surface area contributed by atoms with Crippen molar-refractivity contribution in [3.63, 3.8) is 0 Å². The molecule has 0 radical (unpaired) electrons. The van der Waals surface area contributed by atoms with Crippen molar-refractivity contribution in [1.82, 2.24) is 9.55 Å². The Morgan fingerprint density at radius 1 is 0.660 bits per heavy atom. The predicted octanol–water partition coefficient (Wildman–Crippen LogP) is 11.5. The first-order valence-corrected chi connectivity index (χ1v) is 17.0. The topological polar surface area (TPSA) is 33.5 Å². The molecule has 260 valence electrons. The minimum absolute atomic E-state index is 0. The Morgan fingerprint density at radius 2 is 1.34 bits per heavy atom. The van der Waals surface area contributed by atoms with E-state index in [1.807, 2.05) is 42.6 Å². The van der Waals surface area contributed by atoms with E-state index in [2.05, 4.69) is 161 Å². The Balaban J connectivity index is 0.00000432. The summed E-state index contributed by atoms with van der Waals surface area (Å²) in [6.45, 7) is 22.6. The van der Waals surface area contributed by atoms with Crippen molar-refractivity contribution in [3.05, 3.63) is 139 Å². The molecule has 1 aliphatic rings. The molecular formula is C44H45N4OPt-3. The summed E-state index contributed by atoms with van der Waals surface area (Å²) >= 11 is 0. The molecule has 50 heavy (non-hydrogen) atoms. The summed E-state index contributed by atoms with van der Waals surface area (Å²) in [7, 11) is 0. The van der Waals surface area contributed by atoms with Gasteiger partial charge in [0.05, 0.1) is 0 Å². The molecule has 0 saturated heterocycles. The van der Waals surface area contributed by atoms with E-state index in [1.54, 1.807) is 0 Å². The fourth-order valence-corrected chi connectivity index (χ4v) is 6.34. The molecule has 4 aromatic carbocycles. The van der Waals surface area contributed by atoms with Crippen LogP contribution in [0.5, 0.6) is 11.5 Å². The fraction of sp³-hybridized carbons (Fsp3) is 0.273. The summed E-state index contributed by atoms with van der Waals surface area (Å²) in [6.07, 6.45) is 4.08. The third kappa shape index (κ3) is 6.85. The SMILES string of the molecule is CC(C)(C)C1=CN(c2cc(C(C)(C)C)cc(C(C)(C)C)c2)[CH-]N1c1[c-]c(Oc2[c-]c3c(cc2)c2ccccc2n3-c2ccccn2)ccc1.[Pt]. The molecule has 0 saturated carbocycles. The predicted molar refractivity (Wildman–Crippen MR) is 203 cm³/mol. The van der Waals surface area contributed by atoms with Gasteiger partial charge in [-0.3, -0.25) is 0 Å². The van der Waals surface area contributed by atoms with Crippen LogP contribution in [0.1, 0.15) is 73.4 Å². The molecule has 0 unspecified atom stereocenters. The maximum atomic E-state index is 6.49. The van der Waals surface area contributed by atoms with Crippen LogP contribution in [0.15, 0.2) is 109 Å². The van der Waals surface area contributed by atoms with Crippen molar-refractivity contribution in [1.29, 1.82) is 0 Å². The number of para-hydroxylation sites is 1. The van der Waals surface area contributed by atoms with Gasteiger partial charge in [-0.15, -0.1) is 48.1 Å². The monoisotopic (exact) mass is 840 g/mol. The third-order valence-electron chi connectivity index (χ3n) is 9.14. The second kappa shape index (κ2) is 13.1. The van der Waals surface area contributed by atoms with Crippen LogP contribution in [0.2, 0.25) is 0 Å². The minimum atomic E-state index is -0.123. The summed E-state index contributed by atoms with van der Waals surface area (Å²) < 4.78 is 8.64. The van der Waals surface area contributed by atoms with Gasteiger partial charge in [0.25, 0.3) is 0 Å². The number of ether oxygens (including phenoxy) is 1. The van der Waals surface area contributed by atoms with Gasteiger partial charge in [0.1, 0.15) is 5.82 Å². The number of benzene rings is 4. The Bertz CT molecular complexity index is 2160. The number of pyridine rings is 1. The van der Waals surface area contributed by atoms with E-state index in [1.165, 1.54) is 16.8 Å². The number of hydrogen-bond acceptors (Lipinski definition) is 4. The summed E-state index contributed by atoms with van der Waals surface area (Å²) in [6, 6.07) is 38.6. The molecule has 7 rings (SSSR count). The average molecular weight is 841 g/mol. The molecule has 0 aliphatic carbocycles. The Morgan fingerprint density at radius 3 is 2.00 bits per heavy atom. The summed E-state index contributed by atoms with van der Waals surface area (Å²) in [5, 5.41) is 2.25. The molecule has 0 fully saturated rings. The molecule has 0 spiro atoms. The van der Waals surface area contributed by atoms with E-state index in [0.717, 1.165) is 39.0 Å². The zero-order chi connectivity index (χ0) is 34.7. The van der Waals surface area contributed by atoms with Crippen molar-refractivity contribution >= 4 is 33.2 Å². The molecule has 3 heterocycles. The van der Waals surface area contributed by atoms with Crippen molar-refractivity contribution in [2.45, 2.75) is 73.1 Å². The third-order valence-corrected chi connectivity index (χ3v) is 9.14. The van der Waals surface area contributed by atoms with Crippen molar-refractivity contribution in [2.75, 3.05) is 9.80 Å². The van der Waals surface area contributed by atoms with E-state index < -0.39 is 0 Å². The first-order valence-electron chi connectivity index (χ1n) is 17.0. The van der Waals surface area contributed by atoms with E-state index in [-0.39, 0.29) is 37.3 Å². The van der Waals surface area contributed by atoms with Gasteiger partial charge in [-0.05, 0) is 63.9 Å². The van der Waals surface area contributed by atoms with Gasteiger partial charge >= 0.3 is 0 Å². The molecule has 6 aromatic rings. The molecule has 5 nitrogen and oxygen atoms in total. The summed E-state index contributed by atoms with van der Waals surface area (Å²) in [4.78, 5) is 9.15. The molecular weight excluding hydrogens is 796 g/mol. The van der Waals surface area contributed by atoms with Gasteiger partial charge in [-0.1, -0.05) is 98.2 Å². The minimum Gasteiger partial charge on any atom is -0.509 e. The van der Waals surface area contributed by atoms with Crippen LogP contribution in [-0.4, -0.2) is 9.55 Å². The second-order valence-electron chi connectivity index (χ2n) is 16.1. The van der Waals surface area contributed by atoms with Gasteiger partial charge in [0.15, 0.2) is 0 Å². The molecule has 6 heteroatoms. The van der Waals surface area contributed by atoms with Crippen molar-refractivity contribution in [3.8, 4) is 17.3 Å². The maximum absolute atomic E-state index is 6.49. The molecule has 2 aromatic heterocycles. The first-order chi connectivity index (χ1) is 23.2. The zero-order valence-electron chi connectivity index (χ0n) is 30.4. The standard InChI is InChI=1S/C44H45N4O.Pt/c1-42(2,3)30-23-31(43(4,5)6)25-33(24-30)46-28-40(44(7,8)9)47(29-46)32-15-14-16-34(26-32)49-35-20-21-37-36-17-10-11-18-38(36)48(39(37)27-35)41-19-12-13-22-45-41;/h10-25,28-29H,1-9H3;/q-3;. The quantitative estimate of drug-likeness (QED) is 0.162. The van der Waals surface area contributed by atoms with Gasteiger partial charge in [0, 0.05) is 61.1 Å². The summed E-state index contributed by atoms with van der Waals surface area (Å²) in [5.41, 5.74) is 7.81. The Kier molecular flexibility index (Phi) is 9.29. The zero-order valence-corrected chi connectivity index (χ0v) is 32.7. The van der Waals surface area contributed by atoms with Gasteiger partial charge in [0.2, 0.25) is 0 Å².